The molecule has 0 spiro atoms. The molecule has 0 amide bonds. The highest BCUT2D eigenvalue weighted by atomic mass is 16.5. The lowest BCUT2D eigenvalue weighted by atomic mass is 9.68. The van der Waals surface area contributed by atoms with Crippen molar-refractivity contribution in [1.29, 1.82) is 0 Å². The van der Waals surface area contributed by atoms with Crippen molar-refractivity contribution >= 4 is 6.29 Å². The van der Waals surface area contributed by atoms with Crippen LogP contribution < -0.4 is 0 Å². The van der Waals surface area contributed by atoms with E-state index in [1.165, 1.54) is 12.8 Å². The zero-order chi connectivity index (χ0) is 12.3. The summed E-state index contributed by atoms with van der Waals surface area (Å²) in [4.78, 5) is 11.6. The monoisotopic (exact) mass is 249 g/mol. The molecule has 7 atom stereocenters. The lowest BCUT2D eigenvalue weighted by Crippen LogP contribution is -2.47. The number of ether oxygens (including phenoxy) is 1. The van der Waals surface area contributed by atoms with E-state index < -0.39 is 5.60 Å². The van der Waals surface area contributed by atoms with Gasteiger partial charge in [-0.05, 0) is 54.8 Å². The summed E-state index contributed by atoms with van der Waals surface area (Å²) < 4.78 is 5.86. The zero-order valence-corrected chi connectivity index (χ0v) is 10.5. The molecule has 4 rings (SSSR count). The van der Waals surface area contributed by atoms with E-state index in [0.717, 1.165) is 24.5 Å². The van der Waals surface area contributed by atoms with Gasteiger partial charge < -0.3 is 14.6 Å². The van der Waals surface area contributed by atoms with Gasteiger partial charge in [0, 0.05) is 0 Å². The summed E-state index contributed by atoms with van der Waals surface area (Å²) in [6.07, 6.45) is 9.28. The summed E-state index contributed by atoms with van der Waals surface area (Å²) in [5.41, 5.74) is -0.537. The van der Waals surface area contributed by atoms with Gasteiger partial charge in [-0.2, -0.15) is 0 Å². The van der Waals surface area contributed by atoms with Gasteiger partial charge in [0.2, 0.25) is 0 Å². The summed E-state index contributed by atoms with van der Waals surface area (Å²) in [7, 11) is 0. The Labute approximate surface area is 107 Å². The Hall–Kier alpha value is -0.670. The highest BCUT2D eigenvalue weighted by Crippen LogP contribution is 2.68. The van der Waals surface area contributed by atoms with E-state index in [2.05, 4.69) is 12.2 Å². The molecule has 4 bridgehead atoms. The number of allylic oxidation sites excluding steroid dienone is 2. The van der Waals surface area contributed by atoms with Crippen LogP contribution in [-0.2, 0) is 9.53 Å². The molecule has 7 unspecified atom stereocenters. The zero-order valence-electron chi connectivity index (χ0n) is 10.5. The standard InChI is InChI=1S/C15H20O3/c16-3-4-18-15(8-17)7-11-6-12(15)14-10-2-1-9(5-10)13(11)14/h1-2,8-14,16H,3-7H2/p+1. The lowest BCUT2D eigenvalue weighted by molar-refractivity contribution is -0.148. The second kappa shape index (κ2) is 3.67. The Kier molecular flexibility index (Phi) is 2.28. The molecule has 0 heterocycles. The van der Waals surface area contributed by atoms with E-state index in [0.29, 0.717) is 30.3 Å². The number of rotatable bonds is 4. The van der Waals surface area contributed by atoms with Gasteiger partial charge in [-0.3, -0.25) is 0 Å². The lowest BCUT2D eigenvalue weighted by Gasteiger charge is -2.41. The molecule has 0 aliphatic heterocycles. The minimum absolute atomic E-state index is 0.257. The van der Waals surface area contributed by atoms with Crippen molar-refractivity contribution in [2.45, 2.75) is 24.9 Å². The number of aldehydes is 1. The van der Waals surface area contributed by atoms with E-state index in [1.54, 1.807) is 0 Å². The number of hydrogen-bond donors (Lipinski definition) is 0. The second-order valence-corrected chi connectivity index (χ2v) is 6.58. The molecule has 0 aromatic rings. The van der Waals surface area contributed by atoms with Crippen LogP contribution in [0.15, 0.2) is 12.2 Å². The summed E-state index contributed by atoms with van der Waals surface area (Å²) in [5.74, 6) is 4.13. The number of carbonyl (C=O) groups excluding carboxylic acids is 1. The van der Waals surface area contributed by atoms with Gasteiger partial charge in [-0.15, -0.1) is 0 Å². The molecule has 2 N–H and O–H groups in total. The van der Waals surface area contributed by atoms with Crippen molar-refractivity contribution in [2.24, 2.45) is 35.5 Å². The average Bonchev–Trinajstić information content (AvgIpc) is 3.12. The third kappa shape index (κ3) is 1.19. The van der Waals surface area contributed by atoms with Crippen molar-refractivity contribution in [3.63, 3.8) is 0 Å². The number of hydrogen-bond acceptors (Lipinski definition) is 2. The van der Waals surface area contributed by atoms with Crippen LogP contribution in [0.5, 0.6) is 0 Å². The molecule has 3 saturated carbocycles. The molecule has 0 aromatic carbocycles. The first-order valence-electron chi connectivity index (χ1n) is 7.22. The summed E-state index contributed by atoms with van der Waals surface area (Å²) in [6.45, 7) is 0.663. The molecule has 3 fully saturated rings. The maximum atomic E-state index is 11.6. The average molecular weight is 249 g/mol. The van der Waals surface area contributed by atoms with Gasteiger partial charge in [-0.1, -0.05) is 12.2 Å². The van der Waals surface area contributed by atoms with E-state index in [-0.39, 0.29) is 6.61 Å². The molecule has 0 saturated heterocycles. The van der Waals surface area contributed by atoms with Crippen LogP contribution in [-0.4, -0.2) is 30.2 Å². The van der Waals surface area contributed by atoms with Gasteiger partial charge in [0.05, 0.1) is 0 Å². The molecule has 4 aliphatic carbocycles. The van der Waals surface area contributed by atoms with Crippen LogP contribution in [0.4, 0.5) is 0 Å². The first-order chi connectivity index (χ1) is 8.79. The van der Waals surface area contributed by atoms with E-state index in [9.17, 15) is 4.79 Å². The number of fused-ring (bicyclic) bond motifs is 9. The Morgan fingerprint density at radius 2 is 2.06 bits per heavy atom. The van der Waals surface area contributed by atoms with Crippen LogP contribution in [0.2, 0.25) is 0 Å². The summed E-state index contributed by atoms with van der Waals surface area (Å²) in [6, 6.07) is 0. The van der Waals surface area contributed by atoms with Gasteiger partial charge in [0.25, 0.3) is 0 Å². The Morgan fingerprint density at radius 1 is 1.28 bits per heavy atom. The van der Waals surface area contributed by atoms with Crippen LogP contribution in [0.1, 0.15) is 19.3 Å². The van der Waals surface area contributed by atoms with E-state index in [1.807, 2.05) is 0 Å². The summed E-state index contributed by atoms with van der Waals surface area (Å²) >= 11 is 0. The summed E-state index contributed by atoms with van der Waals surface area (Å²) in [5, 5.41) is 7.24. The molecule has 0 radical (unpaired) electrons. The van der Waals surface area contributed by atoms with Crippen LogP contribution >= 0.6 is 0 Å². The van der Waals surface area contributed by atoms with Crippen molar-refractivity contribution in [3.05, 3.63) is 12.2 Å². The van der Waals surface area contributed by atoms with Gasteiger partial charge in [0.1, 0.15) is 12.2 Å². The highest BCUT2D eigenvalue weighted by Gasteiger charge is 2.66. The van der Waals surface area contributed by atoms with Crippen LogP contribution in [0.25, 0.3) is 0 Å². The first kappa shape index (κ1) is 11.2. The fourth-order valence-electron chi connectivity index (χ4n) is 5.65. The molecule has 3 nitrogen and oxygen atoms in total. The molecule has 98 valence electrons. The topological polar surface area (TPSA) is 49.2 Å². The molecular weight excluding hydrogens is 228 g/mol. The largest absolute Gasteiger partial charge is 0.444 e. The maximum Gasteiger partial charge on any atom is 0.167 e. The van der Waals surface area contributed by atoms with Crippen molar-refractivity contribution < 1.29 is 14.6 Å². The van der Waals surface area contributed by atoms with Crippen LogP contribution in [0.3, 0.4) is 0 Å². The molecule has 0 aromatic heterocycles. The van der Waals surface area contributed by atoms with Gasteiger partial charge in [-0.25, -0.2) is 0 Å². The minimum Gasteiger partial charge on any atom is -0.444 e. The van der Waals surface area contributed by atoms with Gasteiger partial charge in [0.15, 0.2) is 12.9 Å². The van der Waals surface area contributed by atoms with E-state index in [4.69, 9.17) is 9.84 Å². The Balaban J connectivity index is 1.64. The fourth-order valence-corrected chi connectivity index (χ4v) is 5.65. The third-order valence-corrected chi connectivity index (χ3v) is 6.03. The van der Waals surface area contributed by atoms with Gasteiger partial charge >= 0.3 is 0 Å². The SMILES string of the molecule is O=CC1(OCC[OH2+])CC2CC1C1C3C=CC(C3)C21. The predicted octanol–water partition coefficient (Wildman–Crippen LogP) is 1.14. The molecule has 18 heavy (non-hydrogen) atoms. The Bertz CT molecular complexity index is 405. The Morgan fingerprint density at radius 3 is 2.78 bits per heavy atom. The van der Waals surface area contributed by atoms with Crippen molar-refractivity contribution in [3.8, 4) is 0 Å². The minimum atomic E-state index is -0.537. The first-order valence-corrected chi connectivity index (χ1v) is 7.22. The quantitative estimate of drug-likeness (QED) is 0.325. The normalized spacial score (nSPS) is 55.2. The van der Waals surface area contributed by atoms with E-state index >= 15 is 0 Å². The highest BCUT2D eigenvalue weighted by molar-refractivity contribution is 5.65. The molecular formula is C15H21O3+. The fraction of sp³-hybridized carbons (Fsp3) is 0.800. The van der Waals surface area contributed by atoms with Crippen LogP contribution in [0, 0.1) is 35.5 Å². The molecule has 3 heteroatoms. The van der Waals surface area contributed by atoms with Crippen molar-refractivity contribution in [2.75, 3.05) is 13.2 Å². The smallest absolute Gasteiger partial charge is 0.167 e. The molecule has 4 aliphatic rings. The second-order valence-electron chi connectivity index (χ2n) is 6.58. The maximum absolute atomic E-state index is 11.6. The van der Waals surface area contributed by atoms with Crippen molar-refractivity contribution in [1.82, 2.24) is 0 Å². The number of carbonyl (C=O) groups is 1. The predicted molar refractivity (Wildman–Crippen MR) is 67.2 cm³/mol. The third-order valence-electron chi connectivity index (χ3n) is 6.03.